The van der Waals surface area contributed by atoms with E-state index in [-0.39, 0.29) is 11.5 Å². The van der Waals surface area contributed by atoms with Crippen molar-refractivity contribution in [1.82, 2.24) is 19.2 Å². The first-order chi connectivity index (χ1) is 17.4. The van der Waals surface area contributed by atoms with E-state index in [1.807, 2.05) is 54.6 Å². The van der Waals surface area contributed by atoms with Crippen LogP contribution in [-0.4, -0.2) is 30.3 Å². The number of carbonyl (C=O) groups is 1. The Balaban J connectivity index is 1.61. The fourth-order valence-corrected chi connectivity index (χ4v) is 4.92. The number of aromatic nitrogens is 4. The fourth-order valence-electron chi connectivity index (χ4n) is 4.07. The molecule has 0 saturated carbocycles. The van der Waals surface area contributed by atoms with Gasteiger partial charge < -0.3 is 5.32 Å². The topological polar surface area (TPSA) is 105 Å². The van der Waals surface area contributed by atoms with Gasteiger partial charge in [0.15, 0.2) is 5.16 Å². The van der Waals surface area contributed by atoms with Crippen LogP contribution in [0.1, 0.15) is 23.6 Å². The first-order valence-electron chi connectivity index (χ1n) is 11.3. The molecule has 0 aliphatic heterocycles. The molecule has 2 heterocycles. The number of aryl methyl sites for hydroxylation is 2. The summed E-state index contributed by atoms with van der Waals surface area (Å²) >= 11 is 1.23. The number of thioether (sulfide) groups is 1. The molecule has 3 aromatic carbocycles. The molecule has 1 amide bonds. The fraction of sp³-hybridized carbons (Fsp3) is 0.148. The summed E-state index contributed by atoms with van der Waals surface area (Å²) in [5.41, 5.74) is 4.01. The van der Waals surface area contributed by atoms with E-state index in [9.17, 15) is 14.9 Å². The minimum absolute atomic E-state index is 0.186. The van der Waals surface area contributed by atoms with Crippen LogP contribution < -0.4 is 10.9 Å². The molecule has 5 aromatic rings. The van der Waals surface area contributed by atoms with Gasteiger partial charge in [-0.25, -0.2) is 4.57 Å². The van der Waals surface area contributed by atoms with Gasteiger partial charge in [-0.1, -0.05) is 48.2 Å². The molecule has 0 saturated heterocycles. The number of rotatable bonds is 5. The number of hydrogen-bond donors (Lipinski definition) is 1. The van der Waals surface area contributed by atoms with Crippen LogP contribution in [0, 0.1) is 25.2 Å². The molecule has 178 valence electrons. The molecule has 5 rings (SSSR count). The van der Waals surface area contributed by atoms with Crippen molar-refractivity contribution in [3.05, 3.63) is 93.8 Å². The average molecular weight is 495 g/mol. The molecule has 8 nitrogen and oxygen atoms in total. The Morgan fingerprint density at radius 3 is 2.61 bits per heavy atom. The summed E-state index contributed by atoms with van der Waals surface area (Å²) in [5.74, 6) is 0.101. The number of carbonyl (C=O) groups excluding carboxylic acids is 1. The van der Waals surface area contributed by atoms with Crippen molar-refractivity contribution in [2.45, 2.75) is 31.2 Å². The second-order valence-corrected chi connectivity index (χ2v) is 9.78. The third-order valence-electron chi connectivity index (χ3n) is 5.96. The number of benzene rings is 3. The van der Waals surface area contributed by atoms with Crippen molar-refractivity contribution in [3.63, 3.8) is 0 Å². The van der Waals surface area contributed by atoms with E-state index in [4.69, 9.17) is 0 Å². The predicted molar refractivity (Wildman–Crippen MR) is 141 cm³/mol. The van der Waals surface area contributed by atoms with E-state index < -0.39 is 5.25 Å². The molecule has 36 heavy (non-hydrogen) atoms. The third-order valence-corrected chi connectivity index (χ3v) is 7.00. The van der Waals surface area contributed by atoms with Crippen molar-refractivity contribution < 1.29 is 4.79 Å². The largest absolute Gasteiger partial charge is 0.324 e. The lowest BCUT2D eigenvalue weighted by molar-refractivity contribution is -0.115. The van der Waals surface area contributed by atoms with E-state index in [1.54, 1.807) is 41.8 Å². The monoisotopic (exact) mass is 494 g/mol. The van der Waals surface area contributed by atoms with Crippen LogP contribution >= 0.6 is 11.8 Å². The minimum Gasteiger partial charge on any atom is -0.324 e. The van der Waals surface area contributed by atoms with Crippen molar-refractivity contribution in [2.75, 3.05) is 5.32 Å². The predicted octanol–water partition coefficient (Wildman–Crippen LogP) is 4.64. The lowest BCUT2D eigenvalue weighted by atomic mass is 10.1. The Labute approximate surface area is 211 Å². The zero-order valence-corrected chi connectivity index (χ0v) is 20.7. The highest BCUT2D eigenvalue weighted by Crippen LogP contribution is 2.28. The number of amides is 1. The van der Waals surface area contributed by atoms with Crippen LogP contribution in [-0.2, 0) is 4.79 Å². The molecule has 0 spiro atoms. The van der Waals surface area contributed by atoms with E-state index >= 15 is 0 Å². The summed E-state index contributed by atoms with van der Waals surface area (Å²) in [7, 11) is 0. The van der Waals surface area contributed by atoms with Crippen molar-refractivity contribution >= 4 is 40.0 Å². The van der Waals surface area contributed by atoms with E-state index in [0.29, 0.717) is 33.1 Å². The maximum Gasteiger partial charge on any atom is 0.267 e. The van der Waals surface area contributed by atoms with Gasteiger partial charge in [0.25, 0.3) is 5.56 Å². The van der Waals surface area contributed by atoms with E-state index in [1.165, 1.54) is 11.8 Å². The highest BCUT2D eigenvalue weighted by molar-refractivity contribution is 8.00. The Kier molecular flexibility index (Phi) is 6.04. The van der Waals surface area contributed by atoms with Gasteiger partial charge in [-0.05, 0) is 62.2 Å². The Morgan fingerprint density at radius 2 is 1.81 bits per heavy atom. The first kappa shape index (κ1) is 23.3. The Hall–Kier alpha value is -4.42. The summed E-state index contributed by atoms with van der Waals surface area (Å²) < 4.78 is 3.39. The highest BCUT2D eigenvalue weighted by Gasteiger charge is 2.23. The van der Waals surface area contributed by atoms with Crippen molar-refractivity contribution in [1.29, 1.82) is 5.26 Å². The summed E-state index contributed by atoms with van der Waals surface area (Å²) in [6.07, 6.45) is 0. The quantitative estimate of drug-likeness (QED) is 0.357. The third kappa shape index (κ3) is 4.01. The van der Waals surface area contributed by atoms with Crippen LogP contribution in [0.2, 0.25) is 0 Å². The second kappa shape index (κ2) is 9.32. The molecular formula is C27H22N6O2S. The summed E-state index contributed by atoms with van der Waals surface area (Å²) in [5, 5.41) is 21.3. The molecule has 0 bridgehead atoms. The van der Waals surface area contributed by atoms with Gasteiger partial charge in [0.1, 0.15) is 6.07 Å². The summed E-state index contributed by atoms with van der Waals surface area (Å²) in [4.78, 5) is 26.6. The maximum absolute atomic E-state index is 13.6. The number of fused-ring (bicyclic) bond motifs is 3. The van der Waals surface area contributed by atoms with Crippen LogP contribution in [0.25, 0.3) is 22.4 Å². The van der Waals surface area contributed by atoms with Gasteiger partial charge in [0, 0.05) is 0 Å². The van der Waals surface area contributed by atoms with Gasteiger partial charge in [-0.2, -0.15) is 5.26 Å². The van der Waals surface area contributed by atoms with Gasteiger partial charge in [0.2, 0.25) is 11.7 Å². The molecule has 1 atom stereocenters. The number of para-hydroxylation sites is 2. The van der Waals surface area contributed by atoms with Crippen LogP contribution in [0.5, 0.6) is 0 Å². The van der Waals surface area contributed by atoms with Gasteiger partial charge in [-0.3, -0.25) is 14.0 Å². The average Bonchev–Trinajstić information content (AvgIpc) is 3.29. The standard InChI is InChI=1S/C27H22N6O2S/c1-16-12-13-17(2)23(14-16)32-25(35)20-9-5-7-11-22(20)33-26(32)30-31-27(33)36-18(3)24(34)29-21-10-6-4-8-19(21)15-28/h4-14,18H,1-3H3,(H,29,34)/t18-/m1/s1. The van der Waals surface area contributed by atoms with Crippen molar-refractivity contribution in [3.8, 4) is 11.8 Å². The molecule has 0 fully saturated rings. The number of nitrogens with zero attached hydrogens (tertiary/aromatic N) is 5. The molecule has 1 N–H and O–H groups in total. The van der Waals surface area contributed by atoms with E-state index in [2.05, 4.69) is 21.6 Å². The molecule has 0 unspecified atom stereocenters. The lowest BCUT2D eigenvalue weighted by Gasteiger charge is -2.15. The van der Waals surface area contributed by atoms with Crippen LogP contribution in [0.15, 0.2) is 76.7 Å². The lowest BCUT2D eigenvalue weighted by Crippen LogP contribution is -2.24. The Bertz CT molecular complexity index is 1750. The number of hydrogen-bond acceptors (Lipinski definition) is 6. The molecule has 0 radical (unpaired) electrons. The number of nitrogens with one attached hydrogen (secondary N) is 1. The number of anilines is 1. The minimum atomic E-state index is -0.552. The van der Waals surface area contributed by atoms with Gasteiger partial charge in [-0.15, -0.1) is 10.2 Å². The normalized spacial score (nSPS) is 11.9. The van der Waals surface area contributed by atoms with Gasteiger partial charge >= 0.3 is 0 Å². The molecule has 2 aromatic heterocycles. The first-order valence-corrected chi connectivity index (χ1v) is 12.2. The van der Waals surface area contributed by atoms with E-state index in [0.717, 1.165) is 16.8 Å². The molecule has 9 heteroatoms. The summed E-state index contributed by atoms with van der Waals surface area (Å²) in [6.45, 7) is 5.69. The van der Waals surface area contributed by atoms with Gasteiger partial charge in [0.05, 0.1) is 33.1 Å². The zero-order valence-electron chi connectivity index (χ0n) is 19.9. The highest BCUT2D eigenvalue weighted by atomic mass is 32.2. The second-order valence-electron chi connectivity index (χ2n) is 8.47. The molecular weight excluding hydrogens is 472 g/mol. The molecule has 0 aliphatic carbocycles. The maximum atomic E-state index is 13.6. The van der Waals surface area contributed by atoms with Crippen LogP contribution in [0.4, 0.5) is 5.69 Å². The van der Waals surface area contributed by atoms with Crippen molar-refractivity contribution in [2.24, 2.45) is 0 Å². The number of nitriles is 1. The van der Waals surface area contributed by atoms with Crippen LogP contribution in [0.3, 0.4) is 0 Å². The SMILES string of the molecule is Cc1ccc(C)c(-n2c(=O)c3ccccc3n3c(S[C@H](C)C(=O)Nc4ccccc4C#N)nnc23)c1. The Morgan fingerprint density at radius 1 is 1.06 bits per heavy atom. The summed E-state index contributed by atoms with van der Waals surface area (Å²) in [6, 6.07) is 22.2. The smallest absolute Gasteiger partial charge is 0.267 e. The zero-order chi connectivity index (χ0) is 25.4. The molecule has 0 aliphatic rings.